The number of hydrogen-bond acceptors (Lipinski definition) is 5. The molecule has 1 aromatic heterocycles. The van der Waals surface area contributed by atoms with Crippen LogP contribution >= 0.6 is 0 Å². The maximum absolute atomic E-state index is 13.4. The summed E-state index contributed by atoms with van der Waals surface area (Å²) in [5.74, 6) is -1.38. The zero-order chi connectivity index (χ0) is 22.9. The van der Waals surface area contributed by atoms with Crippen molar-refractivity contribution >= 4 is 28.3 Å². The van der Waals surface area contributed by atoms with Gasteiger partial charge in [-0.25, -0.2) is 0 Å². The first-order valence-electron chi connectivity index (χ1n) is 11.6. The molecule has 0 amide bonds. The van der Waals surface area contributed by atoms with Crippen LogP contribution in [0, 0.1) is 17.3 Å². The number of fused-ring (bicyclic) bond motifs is 4. The number of aliphatic carboxylic acids is 1. The number of carbonyl (C=O) groups is 3. The monoisotopic (exact) mass is 443 g/mol. The fraction of sp³-hybridized carbons (Fsp3) is 0.407. The van der Waals surface area contributed by atoms with E-state index < -0.39 is 11.9 Å². The van der Waals surface area contributed by atoms with Gasteiger partial charge in [-0.15, -0.1) is 0 Å². The van der Waals surface area contributed by atoms with Crippen molar-refractivity contribution in [2.24, 2.45) is 17.3 Å². The molecule has 2 fully saturated rings. The Kier molecular flexibility index (Phi) is 4.38. The Morgan fingerprint density at radius 2 is 2.00 bits per heavy atom. The fourth-order valence-corrected chi connectivity index (χ4v) is 6.59. The summed E-state index contributed by atoms with van der Waals surface area (Å²) in [6.07, 6.45) is 7.54. The van der Waals surface area contributed by atoms with Crippen molar-refractivity contribution in [2.45, 2.75) is 51.0 Å². The zero-order valence-electron chi connectivity index (χ0n) is 18.4. The molecular weight excluding hydrogens is 418 g/mol. The normalized spacial score (nSPS) is 33.2. The van der Waals surface area contributed by atoms with Crippen molar-refractivity contribution in [3.63, 3.8) is 0 Å². The van der Waals surface area contributed by atoms with E-state index in [0.717, 1.165) is 34.8 Å². The Morgan fingerprint density at radius 3 is 2.82 bits per heavy atom. The minimum Gasteiger partial charge on any atom is -0.489 e. The predicted octanol–water partition coefficient (Wildman–Crippen LogP) is 4.35. The molecule has 168 valence electrons. The third-order valence-corrected chi connectivity index (χ3v) is 8.34. The van der Waals surface area contributed by atoms with Gasteiger partial charge in [-0.2, -0.15) is 0 Å². The highest BCUT2D eigenvalue weighted by Gasteiger charge is 2.58. The maximum Gasteiger partial charge on any atom is 0.307 e. The minimum absolute atomic E-state index is 0.00560. The SMILES string of the molecule is C[C@]12CCC3=CC4=C(CC(C(=O)O)CC4=O)O[C@H]3[C@@H]1CC(=O)[C@@H]2c1ccc2ccncc2c1. The summed E-state index contributed by atoms with van der Waals surface area (Å²) in [6, 6.07) is 8.17. The number of ketones is 2. The lowest BCUT2D eigenvalue weighted by atomic mass is 9.61. The van der Waals surface area contributed by atoms with Crippen LogP contribution in [0.3, 0.4) is 0 Å². The second kappa shape index (κ2) is 7.11. The fourth-order valence-electron chi connectivity index (χ4n) is 6.59. The molecule has 0 saturated heterocycles. The van der Waals surface area contributed by atoms with Crippen LogP contribution in [0.4, 0.5) is 0 Å². The Morgan fingerprint density at radius 1 is 1.15 bits per heavy atom. The van der Waals surface area contributed by atoms with Crippen molar-refractivity contribution in [1.29, 1.82) is 0 Å². The van der Waals surface area contributed by atoms with Gasteiger partial charge in [0.2, 0.25) is 0 Å². The van der Waals surface area contributed by atoms with Gasteiger partial charge < -0.3 is 9.84 Å². The summed E-state index contributed by atoms with van der Waals surface area (Å²) in [7, 11) is 0. The predicted molar refractivity (Wildman–Crippen MR) is 120 cm³/mol. The molecule has 5 atom stereocenters. The Labute approximate surface area is 191 Å². The van der Waals surface area contributed by atoms with Gasteiger partial charge in [0.25, 0.3) is 0 Å². The van der Waals surface area contributed by atoms with E-state index >= 15 is 0 Å². The van der Waals surface area contributed by atoms with E-state index in [0.29, 0.717) is 17.8 Å². The molecule has 6 nitrogen and oxygen atoms in total. The Bertz CT molecular complexity index is 1290. The lowest BCUT2D eigenvalue weighted by Gasteiger charge is -2.47. The number of allylic oxidation sites excluding steroid dienone is 3. The molecule has 6 rings (SSSR count). The van der Waals surface area contributed by atoms with Crippen molar-refractivity contribution in [3.05, 3.63) is 65.2 Å². The first kappa shape index (κ1) is 20.3. The average molecular weight is 443 g/mol. The van der Waals surface area contributed by atoms with Gasteiger partial charge in [-0.05, 0) is 53.0 Å². The number of carboxylic acids is 1. The van der Waals surface area contributed by atoms with E-state index in [1.165, 1.54) is 0 Å². The van der Waals surface area contributed by atoms with Crippen molar-refractivity contribution in [3.8, 4) is 0 Å². The van der Waals surface area contributed by atoms with Crippen LogP contribution < -0.4 is 0 Å². The smallest absolute Gasteiger partial charge is 0.307 e. The van der Waals surface area contributed by atoms with Gasteiger partial charge in [-0.3, -0.25) is 19.4 Å². The molecule has 0 spiro atoms. The van der Waals surface area contributed by atoms with Gasteiger partial charge in [0.05, 0.1) is 11.5 Å². The summed E-state index contributed by atoms with van der Waals surface area (Å²) in [5, 5.41) is 11.6. The van der Waals surface area contributed by atoms with Crippen molar-refractivity contribution in [2.75, 3.05) is 0 Å². The number of nitrogens with zero attached hydrogens (tertiary/aromatic N) is 1. The van der Waals surface area contributed by atoms with Crippen LogP contribution in [0.1, 0.15) is 50.5 Å². The molecule has 1 aliphatic heterocycles. The number of benzene rings is 1. The van der Waals surface area contributed by atoms with E-state index in [2.05, 4.69) is 30.1 Å². The molecule has 33 heavy (non-hydrogen) atoms. The highest BCUT2D eigenvalue weighted by atomic mass is 16.5. The Balaban J connectivity index is 1.35. The molecule has 1 unspecified atom stereocenters. The van der Waals surface area contributed by atoms with Crippen LogP contribution in [0.2, 0.25) is 0 Å². The summed E-state index contributed by atoms with van der Waals surface area (Å²) in [5.41, 5.74) is 2.35. The minimum atomic E-state index is -0.969. The summed E-state index contributed by atoms with van der Waals surface area (Å²) < 4.78 is 6.39. The number of carboxylic acid groups (broad SMARTS) is 1. The quantitative estimate of drug-likeness (QED) is 0.742. The van der Waals surface area contributed by atoms with Gasteiger partial charge in [0, 0.05) is 48.9 Å². The van der Waals surface area contributed by atoms with Crippen molar-refractivity contribution < 1.29 is 24.2 Å². The second-order valence-electron chi connectivity index (χ2n) is 10.2. The molecule has 2 heterocycles. The molecule has 1 aromatic carbocycles. The number of carbonyl (C=O) groups excluding carboxylic acids is 2. The van der Waals surface area contributed by atoms with Crippen LogP contribution in [0.5, 0.6) is 0 Å². The number of ether oxygens (including phenoxy) is 1. The molecule has 6 heteroatoms. The highest BCUT2D eigenvalue weighted by molar-refractivity contribution is 6.02. The summed E-state index contributed by atoms with van der Waals surface area (Å²) in [4.78, 5) is 41.8. The van der Waals surface area contributed by atoms with Gasteiger partial charge in [0.1, 0.15) is 17.6 Å². The lowest BCUT2D eigenvalue weighted by molar-refractivity contribution is -0.144. The molecule has 0 bridgehead atoms. The number of rotatable bonds is 2. The van der Waals surface area contributed by atoms with E-state index in [9.17, 15) is 19.5 Å². The van der Waals surface area contributed by atoms with Crippen LogP contribution in [0.25, 0.3) is 10.8 Å². The standard InChI is InChI=1S/C27H25NO5/c1-27-6-4-16-9-19-21(29)10-17(26(31)32)11-23(19)33-25(16)20(27)12-22(30)24(27)15-3-2-14-5-7-28-13-18(14)8-15/h2-3,5,7-9,13,17,20,24-25H,4,6,10-12H2,1H3,(H,31,32)/t17?,20-,24-,25+,27-/m0/s1. The van der Waals surface area contributed by atoms with Gasteiger partial charge in [0.15, 0.2) is 5.78 Å². The summed E-state index contributed by atoms with van der Waals surface area (Å²) >= 11 is 0. The highest BCUT2D eigenvalue weighted by Crippen LogP contribution is 2.60. The number of pyridine rings is 1. The number of aromatic nitrogens is 1. The molecule has 2 aromatic rings. The number of hydrogen-bond donors (Lipinski definition) is 1. The summed E-state index contributed by atoms with van der Waals surface area (Å²) in [6.45, 7) is 2.19. The zero-order valence-corrected chi connectivity index (χ0v) is 18.4. The molecule has 2 saturated carbocycles. The van der Waals surface area contributed by atoms with Gasteiger partial charge >= 0.3 is 5.97 Å². The molecule has 3 aliphatic carbocycles. The average Bonchev–Trinajstić information content (AvgIpc) is 3.08. The largest absolute Gasteiger partial charge is 0.489 e. The first-order valence-corrected chi connectivity index (χ1v) is 11.6. The molecule has 0 radical (unpaired) electrons. The Hall–Kier alpha value is -3.28. The van der Waals surface area contributed by atoms with Crippen molar-refractivity contribution in [1.82, 2.24) is 4.98 Å². The van der Waals surface area contributed by atoms with Crippen LogP contribution in [-0.2, 0) is 19.1 Å². The van der Waals surface area contributed by atoms with Crippen LogP contribution in [0.15, 0.2) is 59.6 Å². The van der Waals surface area contributed by atoms with E-state index in [-0.39, 0.29) is 47.8 Å². The van der Waals surface area contributed by atoms with E-state index in [1.54, 1.807) is 6.20 Å². The molecular formula is C27H25NO5. The third-order valence-electron chi connectivity index (χ3n) is 8.34. The molecule has 4 aliphatic rings. The topological polar surface area (TPSA) is 93.6 Å². The third kappa shape index (κ3) is 3.00. The maximum atomic E-state index is 13.4. The first-order chi connectivity index (χ1) is 15.8. The van der Waals surface area contributed by atoms with Gasteiger partial charge in [-0.1, -0.05) is 19.1 Å². The molecule has 1 N–H and O–H groups in total. The van der Waals surface area contributed by atoms with Crippen LogP contribution in [-0.4, -0.2) is 33.7 Å². The van der Waals surface area contributed by atoms with E-state index in [4.69, 9.17) is 4.74 Å². The second-order valence-corrected chi connectivity index (χ2v) is 10.2. The number of Topliss-reactive ketones (excluding diaryl/α,β-unsaturated/α-hetero) is 2. The lowest BCUT2D eigenvalue weighted by Crippen LogP contribution is -2.44. The van der Waals surface area contributed by atoms with E-state index in [1.807, 2.05) is 18.3 Å².